The van der Waals surface area contributed by atoms with Gasteiger partial charge >= 0.3 is 0 Å². The quantitative estimate of drug-likeness (QED) is 0.766. The van der Waals surface area contributed by atoms with Crippen LogP contribution >= 0.6 is 0 Å². The maximum absolute atomic E-state index is 3.27. The number of hydrogen-bond acceptors (Lipinski definition) is 1. The predicted molar refractivity (Wildman–Crippen MR) is 63.9 cm³/mol. The van der Waals surface area contributed by atoms with Crippen molar-refractivity contribution in [3.63, 3.8) is 0 Å². The Balaban J connectivity index is 2.85. The number of rotatable bonds is 4. The Morgan fingerprint density at radius 3 is 2.64 bits per heavy atom. The second-order valence-corrected chi connectivity index (χ2v) is 4.13. The van der Waals surface area contributed by atoms with Gasteiger partial charge < -0.3 is 5.32 Å². The highest BCUT2D eigenvalue weighted by Crippen LogP contribution is 2.21. The zero-order valence-corrected chi connectivity index (χ0v) is 9.72. The highest BCUT2D eigenvalue weighted by Gasteiger charge is 2.05. The maximum atomic E-state index is 3.27. The molecule has 0 saturated carbocycles. The lowest BCUT2D eigenvalue weighted by Crippen LogP contribution is -2.02. The molecule has 0 fully saturated rings. The summed E-state index contributed by atoms with van der Waals surface area (Å²) in [4.78, 5) is 0. The lowest BCUT2D eigenvalue weighted by molar-refractivity contribution is 0.561. The van der Waals surface area contributed by atoms with Crippen molar-refractivity contribution >= 4 is 5.69 Å². The molecule has 0 saturated heterocycles. The predicted octanol–water partition coefficient (Wildman–Crippen LogP) is 3.63. The summed E-state index contributed by atoms with van der Waals surface area (Å²) in [6, 6.07) is 6.66. The summed E-state index contributed by atoms with van der Waals surface area (Å²) in [5, 5.41) is 3.27. The largest absolute Gasteiger partial charge is 0.388 e. The van der Waals surface area contributed by atoms with Crippen molar-refractivity contribution < 1.29 is 0 Å². The zero-order valence-electron chi connectivity index (χ0n) is 9.72. The number of hydrogen-bond donors (Lipinski definition) is 1. The second-order valence-electron chi connectivity index (χ2n) is 4.13. The van der Waals surface area contributed by atoms with Crippen molar-refractivity contribution in [3.8, 4) is 0 Å². The molecule has 1 atom stereocenters. The molecule has 1 aromatic carbocycles. The van der Waals surface area contributed by atoms with Gasteiger partial charge in [-0.25, -0.2) is 0 Å². The SMILES string of the molecule is CCC(C)Cc1ccc(C)cc1NC. The van der Waals surface area contributed by atoms with Crippen LogP contribution in [0.4, 0.5) is 5.69 Å². The first-order valence-electron chi connectivity index (χ1n) is 5.44. The van der Waals surface area contributed by atoms with Gasteiger partial charge in [0.1, 0.15) is 0 Å². The molecule has 0 aliphatic rings. The van der Waals surface area contributed by atoms with E-state index < -0.39 is 0 Å². The third-order valence-electron chi connectivity index (χ3n) is 2.80. The Morgan fingerprint density at radius 1 is 1.36 bits per heavy atom. The normalized spacial score (nSPS) is 12.6. The second kappa shape index (κ2) is 5.04. The first-order chi connectivity index (χ1) is 6.67. The van der Waals surface area contributed by atoms with Crippen LogP contribution in [-0.4, -0.2) is 7.05 Å². The van der Waals surface area contributed by atoms with Crippen LogP contribution in [-0.2, 0) is 6.42 Å². The fourth-order valence-electron chi connectivity index (χ4n) is 1.62. The molecule has 1 N–H and O–H groups in total. The Kier molecular flexibility index (Phi) is 3.99. The lowest BCUT2D eigenvalue weighted by Gasteiger charge is -2.13. The van der Waals surface area contributed by atoms with Crippen molar-refractivity contribution in [1.29, 1.82) is 0 Å². The van der Waals surface area contributed by atoms with Gasteiger partial charge in [0.15, 0.2) is 0 Å². The first kappa shape index (κ1) is 11.1. The van der Waals surface area contributed by atoms with Crippen LogP contribution in [0.25, 0.3) is 0 Å². The smallest absolute Gasteiger partial charge is 0.0372 e. The van der Waals surface area contributed by atoms with E-state index in [1.807, 2.05) is 7.05 Å². The molecule has 0 radical (unpaired) electrons. The van der Waals surface area contributed by atoms with Gasteiger partial charge in [-0.15, -0.1) is 0 Å². The number of anilines is 1. The summed E-state index contributed by atoms with van der Waals surface area (Å²) in [5.41, 5.74) is 4.04. The Hall–Kier alpha value is -0.980. The highest BCUT2D eigenvalue weighted by molar-refractivity contribution is 5.52. The number of nitrogens with one attached hydrogen (secondary N) is 1. The van der Waals surface area contributed by atoms with Gasteiger partial charge in [-0.1, -0.05) is 32.4 Å². The molecule has 1 heteroatoms. The molecule has 1 unspecified atom stereocenters. The van der Waals surface area contributed by atoms with Gasteiger partial charge in [-0.2, -0.15) is 0 Å². The molecule has 0 aliphatic carbocycles. The molecule has 0 spiro atoms. The van der Waals surface area contributed by atoms with E-state index in [0.717, 1.165) is 5.92 Å². The first-order valence-corrected chi connectivity index (χ1v) is 5.44. The zero-order chi connectivity index (χ0) is 10.6. The van der Waals surface area contributed by atoms with Crippen LogP contribution in [0.15, 0.2) is 18.2 Å². The van der Waals surface area contributed by atoms with Crippen molar-refractivity contribution in [2.45, 2.75) is 33.6 Å². The maximum Gasteiger partial charge on any atom is 0.0372 e. The van der Waals surface area contributed by atoms with E-state index in [-0.39, 0.29) is 0 Å². The monoisotopic (exact) mass is 191 g/mol. The van der Waals surface area contributed by atoms with Crippen molar-refractivity contribution in [2.24, 2.45) is 5.92 Å². The standard InChI is InChI=1S/C13H21N/c1-5-10(2)8-12-7-6-11(3)9-13(12)14-4/h6-7,9-10,14H,5,8H2,1-4H3. The lowest BCUT2D eigenvalue weighted by atomic mass is 9.97. The summed E-state index contributed by atoms with van der Waals surface area (Å²) in [6.45, 7) is 6.69. The van der Waals surface area contributed by atoms with E-state index in [0.29, 0.717) is 0 Å². The number of benzene rings is 1. The van der Waals surface area contributed by atoms with Crippen LogP contribution < -0.4 is 5.32 Å². The minimum Gasteiger partial charge on any atom is -0.388 e. The van der Waals surface area contributed by atoms with Crippen LogP contribution in [0.1, 0.15) is 31.4 Å². The summed E-state index contributed by atoms with van der Waals surface area (Å²) < 4.78 is 0. The third kappa shape index (κ3) is 2.76. The minimum absolute atomic E-state index is 0.768. The molecule has 1 nitrogen and oxygen atoms in total. The molecule has 0 bridgehead atoms. The van der Waals surface area contributed by atoms with Gasteiger partial charge in [0.05, 0.1) is 0 Å². The van der Waals surface area contributed by atoms with E-state index in [2.05, 4.69) is 44.3 Å². The molecule has 1 rings (SSSR count). The van der Waals surface area contributed by atoms with E-state index in [4.69, 9.17) is 0 Å². The Bertz CT molecular complexity index is 291. The van der Waals surface area contributed by atoms with Gasteiger partial charge in [0, 0.05) is 12.7 Å². The van der Waals surface area contributed by atoms with Gasteiger partial charge in [0.25, 0.3) is 0 Å². The van der Waals surface area contributed by atoms with Crippen LogP contribution in [0.5, 0.6) is 0 Å². The average Bonchev–Trinajstić information content (AvgIpc) is 2.20. The molecule has 0 heterocycles. The topological polar surface area (TPSA) is 12.0 Å². The molecule has 0 aliphatic heterocycles. The molecular weight excluding hydrogens is 170 g/mol. The van der Waals surface area contributed by atoms with Gasteiger partial charge in [-0.05, 0) is 36.5 Å². The van der Waals surface area contributed by atoms with E-state index in [1.54, 1.807) is 0 Å². The molecule has 78 valence electrons. The summed E-state index contributed by atoms with van der Waals surface area (Å²) in [5.74, 6) is 0.768. The summed E-state index contributed by atoms with van der Waals surface area (Å²) in [6.07, 6.45) is 2.42. The minimum atomic E-state index is 0.768. The van der Waals surface area contributed by atoms with E-state index in [1.165, 1.54) is 29.7 Å². The van der Waals surface area contributed by atoms with Crippen molar-refractivity contribution in [1.82, 2.24) is 0 Å². The fourth-order valence-corrected chi connectivity index (χ4v) is 1.62. The van der Waals surface area contributed by atoms with Crippen LogP contribution in [0, 0.1) is 12.8 Å². The molecule has 0 aromatic heterocycles. The molecule has 0 amide bonds. The van der Waals surface area contributed by atoms with E-state index in [9.17, 15) is 0 Å². The van der Waals surface area contributed by atoms with Crippen molar-refractivity contribution in [3.05, 3.63) is 29.3 Å². The van der Waals surface area contributed by atoms with Crippen molar-refractivity contribution in [2.75, 3.05) is 12.4 Å². The van der Waals surface area contributed by atoms with E-state index >= 15 is 0 Å². The summed E-state index contributed by atoms with van der Waals surface area (Å²) in [7, 11) is 1.99. The number of aryl methyl sites for hydroxylation is 1. The third-order valence-corrected chi connectivity index (χ3v) is 2.80. The fraction of sp³-hybridized carbons (Fsp3) is 0.538. The van der Waals surface area contributed by atoms with Gasteiger partial charge in [-0.3, -0.25) is 0 Å². The Morgan fingerprint density at radius 2 is 2.07 bits per heavy atom. The molecule has 1 aromatic rings. The van der Waals surface area contributed by atoms with Crippen LogP contribution in [0.3, 0.4) is 0 Å². The van der Waals surface area contributed by atoms with Crippen LogP contribution in [0.2, 0.25) is 0 Å². The highest BCUT2D eigenvalue weighted by atomic mass is 14.8. The Labute approximate surface area is 87.5 Å². The average molecular weight is 191 g/mol. The molecule has 14 heavy (non-hydrogen) atoms. The summed E-state index contributed by atoms with van der Waals surface area (Å²) >= 11 is 0. The molecular formula is C13H21N. The van der Waals surface area contributed by atoms with Gasteiger partial charge in [0.2, 0.25) is 0 Å².